The zero-order valence-corrected chi connectivity index (χ0v) is 13.2. The van der Waals surface area contributed by atoms with Crippen molar-refractivity contribution in [3.05, 3.63) is 41.2 Å². The van der Waals surface area contributed by atoms with Gasteiger partial charge in [-0.1, -0.05) is 24.6 Å². The lowest BCUT2D eigenvalue weighted by Gasteiger charge is -2.26. The van der Waals surface area contributed by atoms with Crippen LogP contribution in [0.25, 0.3) is 0 Å². The van der Waals surface area contributed by atoms with Crippen LogP contribution in [0.15, 0.2) is 24.3 Å². The molecular weight excluding hydrogens is 276 g/mol. The van der Waals surface area contributed by atoms with Gasteiger partial charge in [-0.05, 0) is 44.7 Å². The summed E-state index contributed by atoms with van der Waals surface area (Å²) in [6, 6.07) is 8.20. The van der Waals surface area contributed by atoms with Gasteiger partial charge >= 0.3 is 0 Å². The molecule has 1 aromatic heterocycles. The van der Waals surface area contributed by atoms with Gasteiger partial charge in [0.05, 0.1) is 12.2 Å². The SMILES string of the molecule is CCn1nc(C)c(C(=O)N2CCCCCc3ccccc32)n1. The van der Waals surface area contributed by atoms with Gasteiger partial charge in [-0.15, -0.1) is 5.10 Å². The van der Waals surface area contributed by atoms with Crippen LogP contribution in [0, 0.1) is 6.92 Å². The number of aryl methyl sites for hydroxylation is 3. The summed E-state index contributed by atoms with van der Waals surface area (Å²) in [5, 5.41) is 8.65. The highest BCUT2D eigenvalue weighted by atomic mass is 16.2. The van der Waals surface area contributed by atoms with Gasteiger partial charge in [-0.3, -0.25) is 4.79 Å². The molecule has 0 aliphatic carbocycles. The Balaban J connectivity index is 1.99. The van der Waals surface area contributed by atoms with E-state index < -0.39 is 0 Å². The Bertz CT molecular complexity index is 677. The van der Waals surface area contributed by atoms with Gasteiger partial charge in [0.25, 0.3) is 5.91 Å². The number of carbonyl (C=O) groups excluding carboxylic acids is 1. The van der Waals surface area contributed by atoms with Crippen LogP contribution in [0.5, 0.6) is 0 Å². The first kappa shape index (κ1) is 14.8. The highest BCUT2D eigenvalue weighted by Gasteiger charge is 2.25. The number of benzene rings is 1. The number of anilines is 1. The molecule has 2 heterocycles. The largest absolute Gasteiger partial charge is 0.307 e. The minimum absolute atomic E-state index is 0.0356. The van der Waals surface area contributed by atoms with Crippen LogP contribution in [0.4, 0.5) is 5.69 Å². The molecule has 0 unspecified atom stereocenters. The Morgan fingerprint density at radius 2 is 2.00 bits per heavy atom. The fraction of sp³-hybridized carbons (Fsp3) is 0.471. The third-order valence-electron chi connectivity index (χ3n) is 4.16. The van der Waals surface area contributed by atoms with Crippen LogP contribution in [-0.2, 0) is 13.0 Å². The van der Waals surface area contributed by atoms with Crippen molar-refractivity contribution < 1.29 is 4.79 Å². The molecule has 3 rings (SSSR count). The lowest BCUT2D eigenvalue weighted by Crippen LogP contribution is -2.34. The van der Waals surface area contributed by atoms with Crippen molar-refractivity contribution in [1.82, 2.24) is 15.0 Å². The van der Waals surface area contributed by atoms with Gasteiger partial charge in [-0.2, -0.15) is 9.90 Å². The third kappa shape index (κ3) is 2.75. The first-order valence-corrected chi connectivity index (χ1v) is 8.02. The zero-order valence-electron chi connectivity index (χ0n) is 13.2. The quantitative estimate of drug-likeness (QED) is 0.856. The van der Waals surface area contributed by atoms with Crippen molar-refractivity contribution in [3.63, 3.8) is 0 Å². The molecule has 5 nitrogen and oxygen atoms in total. The van der Waals surface area contributed by atoms with Crippen LogP contribution in [0.2, 0.25) is 0 Å². The number of fused-ring (bicyclic) bond motifs is 1. The normalized spacial score (nSPS) is 15.1. The standard InChI is InChI=1S/C17H22N4O/c1-3-21-18-13(2)16(19-21)17(22)20-12-8-4-5-9-14-10-6-7-11-15(14)20/h6-7,10-11H,3-5,8-9,12H2,1-2H3. The van der Waals surface area contributed by atoms with E-state index in [0.29, 0.717) is 17.9 Å². The summed E-state index contributed by atoms with van der Waals surface area (Å²) in [6.07, 6.45) is 4.39. The Morgan fingerprint density at radius 1 is 1.18 bits per heavy atom. The van der Waals surface area contributed by atoms with Crippen molar-refractivity contribution >= 4 is 11.6 Å². The number of hydrogen-bond donors (Lipinski definition) is 0. The molecule has 1 aliphatic rings. The van der Waals surface area contributed by atoms with Crippen molar-refractivity contribution in [3.8, 4) is 0 Å². The molecule has 0 radical (unpaired) electrons. The van der Waals surface area contributed by atoms with Gasteiger partial charge < -0.3 is 4.90 Å². The Kier molecular flexibility index (Phi) is 4.22. The van der Waals surface area contributed by atoms with Gasteiger partial charge in [0.1, 0.15) is 0 Å². The molecule has 5 heteroatoms. The molecule has 0 fully saturated rings. The fourth-order valence-corrected chi connectivity index (χ4v) is 2.98. The maximum atomic E-state index is 13.0. The van der Waals surface area contributed by atoms with Crippen LogP contribution >= 0.6 is 0 Å². The highest BCUT2D eigenvalue weighted by molar-refractivity contribution is 6.05. The summed E-state index contributed by atoms with van der Waals surface area (Å²) in [6.45, 7) is 5.24. The number of nitrogens with zero attached hydrogens (tertiary/aromatic N) is 4. The summed E-state index contributed by atoms with van der Waals surface area (Å²) < 4.78 is 0. The number of aromatic nitrogens is 3. The third-order valence-corrected chi connectivity index (χ3v) is 4.16. The van der Waals surface area contributed by atoms with Crippen LogP contribution < -0.4 is 4.90 Å². The molecule has 22 heavy (non-hydrogen) atoms. The van der Waals surface area contributed by atoms with E-state index in [9.17, 15) is 4.79 Å². The van der Waals surface area contributed by atoms with E-state index in [1.807, 2.05) is 36.9 Å². The van der Waals surface area contributed by atoms with Crippen molar-refractivity contribution in [2.75, 3.05) is 11.4 Å². The number of amides is 1. The summed E-state index contributed by atoms with van der Waals surface area (Å²) in [7, 11) is 0. The smallest absolute Gasteiger partial charge is 0.280 e. The summed E-state index contributed by atoms with van der Waals surface area (Å²) in [4.78, 5) is 16.4. The molecule has 1 aromatic carbocycles. The van der Waals surface area contributed by atoms with Gasteiger partial charge in [0, 0.05) is 12.2 Å². The van der Waals surface area contributed by atoms with Gasteiger partial charge in [0.15, 0.2) is 5.69 Å². The lowest BCUT2D eigenvalue weighted by atomic mass is 10.0. The number of hydrogen-bond acceptors (Lipinski definition) is 3. The van der Waals surface area contributed by atoms with Gasteiger partial charge in [0.2, 0.25) is 0 Å². The molecule has 116 valence electrons. The number of carbonyl (C=O) groups is 1. The highest BCUT2D eigenvalue weighted by Crippen LogP contribution is 2.27. The van der Waals surface area contributed by atoms with E-state index in [1.54, 1.807) is 4.80 Å². The maximum absolute atomic E-state index is 13.0. The zero-order chi connectivity index (χ0) is 15.5. The first-order valence-electron chi connectivity index (χ1n) is 8.02. The molecule has 0 N–H and O–H groups in total. The molecule has 0 spiro atoms. The van der Waals surface area contributed by atoms with E-state index in [2.05, 4.69) is 16.3 Å². The summed E-state index contributed by atoms with van der Waals surface area (Å²) in [5.74, 6) is -0.0356. The Hall–Kier alpha value is -2.17. The van der Waals surface area contributed by atoms with Gasteiger partial charge in [-0.25, -0.2) is 0 Å². The van der Waals surface area contributed by atoms with Crippen LogP contribution in [-0.4, -0.2) is 27.4 Å². The van der Waals surface area contributed by atoms with E-state index in [-0.39, 0.29) is 5.91 Å². The molecule has 0 saturated carbocycles. The second-order valence-corrected chi connectivity index (χ2v) is 5.72. The first-order chi connectivity index (χ1) is 10.7. The predicted octanol–water partition coefficient (Wildman–Crippen LogP) is 2.98. The average molecular weight is 298 g/mol. The lowest BCUT2D eigenvalue weighted by molar-refractivity contribution is 0.0979. The number of rotatable bonds is 2. The summed E-state index contributed by atoms with van der Waals surface area (Å²) in [5.41, 5.74) is 3.44. The second kappa shape index (κ2) is 6.30. The topological polar surface area (TPSA) is 51.0 Å². The van der Waals surface area contributed by atoms with Crippen molar-refractivity contribution in [2.45, 2.75) is 46.1 Å². The molecule has 0 atom stereocenters. The fourth-order valence-electron chi connectivity index (χ4n) is 2.98. The second-order valence-electron chi connectivity index (χ2n) is 5.72. The predicted molar refractivity (Wildman–Crippen MR) is 86.1 cm³/mol. The molecule has 0 bridgehead atoms. The number of para-hydroxylation sites is 1. The minimum Gasteiger partial charge on any atom is -0.307 e. The van der Waals surface area contributed by atoms with Crippen LogP contribution in [0.1, 0.15) is 47.9 Å². The van der Waals surface area contributed by atoms with E-state index in [4.69, 9.17) is 0 Å². The Labute approximate surface area is 130 Å². The molecule has 0 saturated heterocycles. The molecule has 2 aromatic rings. The van der Waals surface area contributed by atoms with E-state index >= 15 is 0 Å². The maximum Gasteiger partial charge on any atom is 0.280 e. The van der Waals surface area contributed by atoms with Crippen molar-refractivity contribution in [2.24, 2.45) is 0 Å². The minimum atomic E-state index is -0.0356. The van der Waals surface area contributed by atoms with Crippen molar-refractivity contribution in [1.29, 1.82) is 0 Å². The molecule has 1 aliphatic heterocycles. The van der Waals surface area contributed by atoms with E-state index in [1.165, 1.54) is 12.0 Å². The molecule has 1 amide bonds. The monoisotopic (exact) mass is 298 g/mol. The summed E-state index contributed by atoms with van der Waals surface area (Å²) >= 11 is 0. The van der Waals surface area contributed by atoms with E-state index in [0.717, 1.165) is 31.5 Å². The molecular formula is C17H22N4O. The average Bonchev–Trinajstić information content (AvgIpc) is 2.89. The van der Waals surface area contributed by atoms with Crippen LogP contribution in [0.3, 0.4) is 0 Å². The Morgan fingerprint density at radius 3 is 2.77 bits per heavy atom.